The molecule has 4 nitrogen and oxygen atoms in total. The van der Waals surface area contributed by atoms with E-state index in [0.29, 0.717) is 5.89 Å². The molecule has 0 saturated carbocycles. The number of oxazole rings is 1. The van der Waals surface area contributed by atoms with Crippen LogP contribution in [0.3, 0.4) is 0 Å². The second-order valence-corrected chi connectivity index (χ2v) is 7.70. The van der Waals surface area contributed by atoms with Crippen molar-refractivity contribution in [1.82, 2.24) is 9.88 Å². The van der Waals surface area contributed by atoms with Crippen LogP contribution in [0.5, 0.6) is 0 Å². The minimum Gasteiger partial charge on any atom is -0.436 e. The predicted octanol–water partition coefficient (Wildman–Crippen LogP) is 4.87. The van der Waals surface area contributed by atoms with E-state index in [-0.39, 0.29) is 12.2 Å². The zero-order valence-electron chi connectivity index (χ0n) is 14.4. The lowest BCUT2D eigenvalue weighted by atomic mass is 10.1. The van der Waals surface area contributed by atoms with Crippen molar-refractivity contribution in [2.45, 2.75) is 32.6 Å². The molecule has 0 amide bonds. The molecule has 0 N–H and O–H groups in total. The highest BCUT2D eigenvalue weighted by molar-refractivity contribution is 9.10. The highest BCUT2D eigenvalue weighted by Gasteiger charge is 2.22. The van der Waals surface area contributed by atoms with E-state index in [2.05, 4.69) is 51.8 Å². The molecule has 0 aliphatic carbocycles. The maximum atomic E-state index is 5.92. The van der Waals surface area contributed by atoms with E-state index in [1.807, 2.05) is 30.3 Å². The average Bonchev–Trinajstić information content (AvgIpc) is 2.97. The molecule has 130 valence electrons. The number of fused-ring (bicyclic) bond motifs is 1. The molecule has 1 saturated heterocycles. The van der Waals surface area contributed by atoms with E-state index in [1.54, 1.807) is 0 Å². The summed E-state index contributed by atoms with van der Waals surface area (Å²) >= 11 is 3.49. The Labute approximate surface area is 155 Å². The van der Waals surface area contributed by atoms with Crippen molar-refractivity contribution in [3.63, 3.8) is 0 Å². The summed E-state index contributed by atoms with van der Waals surface area (Å²) in [6.45, 7) is 7.10. The van der Waals surface area contributed by atoms with Crippen LogP contribution in [0.4, 0.5) is 0 Å². The molecule has 0 spiro atoms. The lowest BCUT2D eigenvalue weighted by Gasteiger charge is -2.35. The first-order valence-electron chi connectivity index (χ1n) is 8.60. The van der Waals surface area contributed by atoms with Crippen LogP contribution in [0.15, 0.2) is 51.4 Å². The van der Waals surface area contributed by atoms with Gasteiger partial charge in [0.25, 0.3) is 0 Å². The van der Waals surface area contributed by atoms with Gasteiger partial charge in [0.2, 0.25) is 5.89 Å². The molecule has 5 heteroatoms. The molecule has 0 bridgehead atoms. The van der Waals surface area contributed by atoms with Crippen molar-refractivity contribution >= 4 is 27.0 Å². The highest BCUT2D eigenvalue weighted by Crippen LogP contribution is 2.27. The van der Waals surface area contributed by atoms with Crippen LogP contribution >= 0.6 is 15.9 Å². The number of hydrogen-bond acceptors (Lipinski definition) is 4. The first-order chi connectivity index (χ1) is 12.1. The first-order valence-corrected chi connectivity index (χ1v) is 9.39. The van der Waals surface area contributed by atoms with Gasteiger partial charge >= 0.3 is 0 Å². The number of benzene rings is 2. The maximum Gasteiger partial charge on any atom is 0.227 e. The minimum atomic E-state index is 0.280. The van der Waals surface area contributed by atoms with Gasteiger partial charge in [-0.05, 0) is 49.7 Å². The molecule has 4 rings (SSSR count). The Hall–Kier alpha value is -1.69. The topological polar surface area (TPSA) is 38.5 Å². The van der Waals surface area contributed by atoms with Gasteiger partial charge in [0.05, 0.1) is 12.2 Å². The van der Waals surface area contributed by atoms with E-state index in [4.69, 9.17) is 9.15 Å². The SMILES string of the molecule is C[C@@H]1CN(Cc2ccc3oc(-c4cccc(Br)c4)nc3c2)C[C@H](C)O1. The summed E-state index contributed by atoms with van der Waals surface area (Å²) in [6, 6.07) is 14.3. The van der Waals surface area contributed by atoms with Gasteiger partial charge in [-0.2, -0.15) is 0 Å². The van der Waals surface area contributed by atoms with Crippen LogP contribution in [0.2, 0.25) is 0 Å². The first kappa shape index (κ1) is 16.8. The third-order valence-electron chi connectivity index (χ3n) is 4.42. The fraction of sp³-hybridized carbons (Fsp3) is 0.350. The predicted molar refractivity (Wildman–Crippen MR) is 102 cm³/mol. The number of ether oxygens (including phenoxy) is 1. The molecule has 1 aliphatic rings. The zero-order chi connectivity index (χ0) is 17.4. The Morgan fingerprint density at radius 2 is 1.92 bits per heavy atom. The van der Waals surface area contributed by atoms with Crippen molar-refractivity contribution in [1.29, 1.82) is 0 Å². The molecule has 1 aromatic heterocycles. The van der Waals surface area contributed by atoms with Gasteiger partial charge < -0.3 is 9.15 Å². The normalized spacial score (nSPS) is 21.7. The van der Waals surface area contributed by atoms with Crippen LogP contribution < -0.4 is 0 Å². The van der Waals surface area contributed by atoms with Crippen molar-refractivity contribution in [2.24, 2.45) is 0 Å². The summed E-state index contributed by atoms with van der Waals surface area (Å²) in [6.07, 6.45) is 0.560. The Balaban J connectivity index is 1.58. The van der Waals surface area contributed by atoms with Crippen LogP contribution in [-0.4, -0.2) is 35.2 Å². The summed E-state index contributed by atoms with van der Waals surface area (Å²) in [5.74, 6) is 0.655. The largest absolute Gasteiger partial charge is 0.436 e. The van der Waals surface area contributed by atoms with Crippen LogP contribution in [0.1, 0.15) is 19.4 Å². The number of hydrogen-bond donors (Lipinski definition) is 0. The monoisotopic (exact) mass is 400 g/mol. The van der Waals surface area contributed by atoms with E-state index in [1.165, 1.54) is 5.56 Å². The summed E-state index contributed by atoms with van der Waals surface area (Å²) in [5, 5.41) is 0. The zero-order valence-corrected chi connectivity index (χ0v) is 16.0. The van der Waals surface area contributed by atoms with Crippen LogP contribution in [0, 0.1) is 0 Å². The molecular formula is C20H21BrN2O2. The number of rotatable bonds is 3. The Kier molecular flexibility index (Phi) is 4.63. The molecule has 0 radical (unpaired) electrons. The van der Waals surface area contributed by atoms with Gasteiger partial charge in [0.1, 0.15) is 5.52 Å². The third-order valence-corrected chi connectivity index (χ3v) is 4.92. The van der Waals surface area contributed by atoms with Crippen molar-refractivity contribution < 1.29 is 9.15 Å². The summed E-state index contributed by atoms with van der Waals surface area (Å²) in [5.41, 5.74) is 3.95. The van der Waals surface area contributed by atoms with Crippen LogP contribution in [-0.2, 0) is 11.3 Å². The van der Waals surface area contributed by atoms with Gasteiger partial charge in [-0.1, -0.05) is 28.1 Å². The van der Waals surface area contributed by atoms with Gasteiger partial charge in [-0.3, -0.25) is 4.90 Å². The van der Waals surface area contributed by atoms with E-state index in [9.17, 15) is 0 Å². The Morgan fingerprint density at radius 1 is 1.12 bits per heavy atom. The summed E-state index contributed by atoms with van der Waals surface area (Å²) in [7, 11) is 0. The standard InChI is InChI=1S/C20H21BrN2O2/c1-13-10-23(11-14(2)24-13)12-15-6-7-19-18(8-15)22-20(25-19)16-4-3-5-17(21)9-16/h3-9,13-14H,10-12H2,1-2H3/t13-,14+. The van der Waals surface area contributed by atoms with E-state index in [0.717, 1.165) is 40.8 Å². The van der Waals surface area contributed by atoms with E-state index >= 15 is 0 Å². The fourth-order valence-electron chi connectivity index (χ4n) is 3.49. The quantitative estimate of drug-likeness (QED) is 0.628. The number of aromatic nitrogens is 1. The second-order valence-electron chi connectivity index (χ2n) is 6.78. The van der Waals surface area contributed by atoms with Crippen LogP contribution in [0.25, 0.3) is 22.6 Å². The molecule has 3 aromatic rings. The third kappa shape index (κ3) is 3.78. The smallest absolute Gasteiger partial charge is 0.227 e. The summed E-state index contributed by atoms with van der Waals surface area (Å²) < 4.78 is 12.8. The number of nitrogens with zero attached hydrogens (tertiary/aromatic N) is 2. The number of morpholine rings is 1. The molecule has 1 fully saturated rings. The lowest BCUT2D eigenvalue weighted by Crippen LogP contribution is -2.44. The Bertz CT molecular complexity index is 882. The second kappa shape index (κ2) is 6.90. The maximum absolute atomic E-state index is 5.92. The van der Waals surface area contributed by atoms with Crippen molar-refractivity contribution in [3.05, 3.63) is 52.5 Å². The van der Waals surface area contributed by atoms with Gasteiger partial charge in [0.15, 0.2) is 5.58 Å². The molecule has 2 atom stereocenters. The molecule has 1 aliphatic heterocycles. The molecular weight excluding hydrogens is 380 g/mol. The minimum absolute atomic E-state index is 0.280. The number of halogens is 1. The van der Waals surface area contributed by atoms with E-state index < -0.39 is 0 Å². The molecule has 2 heterocycles. The summed E-state index contributed by atoms with van der Waals surface area (Å²) in [4.78, 5) is 7.12. The molecule has 25 heavy (non-hydrogen) atoms. The van der Waals surface area contributed by atoms with Crippen molar-refractivity contribution in [3.8, 4) is 11.5 Å². The van der Waals surface area contributed by atoms with Gasteiger partial charge in [-0.15, -0.1) is 0 Å². The Morgan fingerprint density at radius 3 is 2.68 bits per heavy atom. The lowest BCUT2D eigenvalue weighted by molar-refractivity contribution is -0.0704. The highest BCUT2D eigenvalue weighted by atomic mass is 79.9. The van der Waals surface area contributed by atoms with Crippen molar-refractivity contribution in [2.75, 3.05) is 13.1 Å². The average molecular weight is 401 g/mol. The van der Waals surface area contributed by atoms with Gasteiger partial charge in [0, 0.05) is 29.7 Å². The molecule has 2 aromatic carbocycles. The molecule has 0 unspecified atom stereocenters. The van der Waals surface area contributed by atoms with Gasteiger partial charge in [-0.25, -0.2) is 4.98 Å². The fourth-order valence-corrected chi connectivity index (χ4v) is 3.89.